The summed E-state index contributed by atoms with van der Waals surface area (Å²) in [4.78, 5) is 16.0. The third-order valence-corrected chi connectivity index (χ3v) is 3.06. The van der Waals surface area contributed by atoms with Crippen LogP contribution in [-0.4, -0.2) is 34.1 Å². The Morgan fingerprint density at radius 1 is 1.26 bits per heavy atom. The van der Waals surface area contributed by atoms with Crippen LogP contribution in [0.5, 0.6) is 5.88 Å². The lowest BCUT2D eigenvalue weighted by Gasteiger charge is -2.07. The summed E-state index contributed by atoms with van der Waals surface area (Å²) in [5.74, 6) is -0.322. The zero-order valence-corrected chi connectivity index (χ0v) is 11.8. The number of aromatic nitrogens is 3. The zero-order valence-electron chi connectivity index (χ0n) is 11.8. The van der Waals surface area contributed by atoms with Gasteiger partial charge in [-0.25, -0.2) is 13.8 Å². The number of amides is 1. The zero-order chi connectivity index (χ0) is 16.2. The highest BCUT2D eigenvalue weighted by molar-refractivity contribution is 6.04. The average Bonchev–Trinajstić information content (AvgIpc) is 3.01. The Bertz CT molecular complexity index is 818. The highest BCUT2D eigenvalue weighted by atomic mass is 19.3. The predicted molar refractivity (Wildman–Crippen MR) is 79.8 cm³/mol. The second kappa shape index (κ2) is 6.39. The number of nitrogens with one attached hydrogen (secondary N) is 2. The molecule has 1 amide bonds. The Balaban J connectivity index is 1.67. The van der Waals surface area contributed by atoms with Crippen LogP contribution in [0.15, 0.2) is 42.7 Å². The molecule has 6 nitrogen and oxygen atoms in total. The first-order valence-electron chi connectivity index (χ1n) is 6.73. The number of hydrogen-bond donors (Lipinski definition) is 2. The molecule has 0 saturated heterocycles. The topological polar surface area (TPSA) is 79.9 Å². The third kappa shape index (κ3) is 3.60. The van der Waals surface area contributed by atoms with Gasteiger partial charge in [0.25, 0.3) is 12.3 Å². The molecule has 3 rings (SSSR count). The highest BCUT2D eigenvalue weighted by Gasteiger charge is 2.09. The lowest BCUT2D eigenvalue weighted by atomic mass is 10.2. The maximum Gasteiger partial charge on any atom is 0.272 e. The van der Waals surface area contributed by atoms with Gasteiger partial charge in [0.15, 0.2) is 6.61 Å². The molecule has 2 N–H and O–H groups in total. The van der Waals surface area contributed by atoms with E-state index >= 15 is 0 Å². The molecule has 23 heavy (non-hydrogen) atoms. The minimum Gasteiger partial charge on any atom is -0.472 e. The van der Waals surface area contributed by atoms with Crippen LogP contribution in [0.1, 0.15) is 10.4 Å². The monoisotopic (exact) mass is 318 g/mol. The van der Waals surface area contributed by atoms with Crippen LogP contribution in [0.25, 0.3) is 10.9 Å². The van der Waals surface area contributed by atoms with E-state index in [4.69, 9.17) is 4.74 Å². The van der Waals surface area contributed by atoms with Gasteiger partial charge in [0.2, 0.25) is 5.88 Å². The van der Waals surface area contributed by atoms with Crippen LogP contribution >= 0.6 is 0 Å². The Labute approximate surface area is 129 Å². The number of pyridine rings is 1. The highest BCUT2D eigenvalue weighted by Crippen LogP contribution is 2.17. The van der Waals surface area contributed by atoms with Gasteiger partial charge in [0.05, 0.1) is 17.3 Å². The first kappa shape index (κ1) is 14.9. The molecule has 0 bridgehead atoms. The average molecular weight is 318 g/mol. The fourth-order valence-corrected chi connectivity index (χ4v) is 1.97. The number of halogens is 2. The van der Waals surface area contributed by atoms with Crippen molar-refractivity contribution in [3.8, 4) is 5.88 Å². The Kier molecular flexibility index (Phi) is 4.13. The van der Waals surface area contributed by atoms with Crippen molar-refractivity contribution in [2.75, 3.05) is 11.9 Å². The van der Waals surface area contributed by atoms with Gasteiger partial charge in [0, 0.05) is 23.3 Å². The molecular formula is C15H12F2N4O2. The van der Waals surface area contributed by atoms with Gasteiger partial charge in [-0.1, -0.05) is 0 Å². The number of ether oxygens (including phenoxy) is 1. The van der Waals surface area contributed by atoms with E-state index in [2.05, 4.69) is 20.5 Å². The Morgan fingerprint density at radius 2 is 2.13 bits per heavy atom. The summed E-state index contributed by atoms with van der Waals surface area (Å²) in [5.41, 5.74) is 1.69. The first-order valence-corrected chi connectivity index (χ1v) is 6.73. The standard InChI is InChI=1S/C15H12F2N4O2/c16-13(17)8-23-14-4-2-10(6-18-14)15(22)20-11-3-1-9-7-19-21-12(9)5-11/h1-7,13H,8H2,(H,19,21)(H,20,22). The van der Waals surface area contributed by atoms with Crippen molar-refractivity contribution in [1.82, 2.24) is 15.2 Å². The molecule has 3 aromatic rings. The van der Waals surface area contributed by atoms with E-state index in [1.165, 1.54) is 18.3 Å². The SMILES string of the molecule is O=C(Nc1ccc2cn[nH]c2c1)c1ccc(OCC(F)F)nc1. The van der Waals surface area contributed by atoms with Gasteiger partial charge >= 0.3 is 0 Å². The minimum absolute atomic E-state index is 0.0423. The van der Waals surface area contributed by atoms with Gasteiger partial charge in [-0.05, 0) is 24.3 Å². The fourth-order valence-electron chi connectivity index (χ4n) is 1.97. The Hall–Kier alpha value is -3.03. The minimum atomic E-state index is -2.57. The first-order chi connectivity index (χ1) is 11.1. The van der Waals surface area contributed by atoms with Gasteiger partial charge < -0.3 is 10.1 Å². The molecule has 1 aromatic carbocycles. The molecule has 0 spiro atoms. The van der Waals surface area contributed by atoms with Crippen LogP contribution in [0, 0.1) is 0 Å². The lowest BCUT2D eigenvalue weighted by molar-refractivity contribution is 0.0795. The molecule has 0 aliphatic rings. The van der Waals surface area contributed by atoms with E-state index in [0.717, 1.165) is 10.9 Å². The number of anilines is 1. The van der Waals surface area contributed by atoms with Crippen LogP contribution in [0.4, 0.5) is 14.5 Å². The molecule has 2 heterocycles. The van der Waals surface area contributed by atoms with E-state index in [1.54, 1.807) is 18.3 Å². The smallest absolute Gasteiger partial charge is 0.272 e. The quantitative estimate of drug-likeness (QED) is 0.758. The largest absolute Gasteiger partial charge is 0.472 e. The summed E-state index contributed by atoms with van der Waals surface area (Å²) >= 11 is 0. The third-order valence-electron chi connectivity index (χ3n) is 3.06. The van der Waals surface area contributed by atoms with Crippen molar-refractivity contribution >= 4 is 22.5 Å². The molecule has 0 saturated carbocycles. The lowest BCUT2D eigenvalue weighted by Crippen LogP contribution is -2.13. The van der Waals surface area contributed by atoms with Crippen LogP contribution < -0.4 is 10.1 Å². The number of H-pyrrole nitrogens is 1. The van der Waals surface area contributed by atoms with E-state index in [9.17, 15) is 13.6 Å². The number of aromatic amines is 1. The summed E-state index contributed by atoms with van der Waals surface area (Å²) in [5, 5.41) is 10.4. The number of carbonyl (C=O) groups excluding carboxylic acids is 1. The fraction of sp³-hybridized carbons (Fsp3) is 0.133. The molecule has 0 aliphatic carbocycles. The van der Waals surface area contributed by atoms with Gasteiger partial charge in [0.1, 0.15) is 0 Å². The van der Waals surface area contributed by atoms with Crippen molar-refractivity contribution in [3.05, 3.63) is 48.3 Å². The van der Waals surface area contributed by atoms with Crippen molar-refractivity contribution in [2.45, 2.75) is 6.43 Å². The van der Waals surface area contributed by atoms with Gasteiger partial charge in [-0.3, -0.25) is 9.89 Å². The summed E-state index contributed by atoms with van der Waals surface area (Å²) < 4.78 is 28.8. The molecule has 118 valence electrons. The van der Waals surface area contributed by atoms with Crippen LogP contribution in [0.2, 0.25) is 0 Å². The molecule has 0 atom stereocenters. The molecule has 8 heteroatoms. The summed E-state index contributed by atoms with van der Waals surface area (Å²) in [6.07, 6.45) is 0.380. The number of rotatable bonds is 5. The molecule has 0 fully saturated rings. The van der Waals surface area contributed by atoms with Crippen molar-refractivity contribution < 1.29 is 18.3 Å². The summed E-state index contributed by atoms with van der Waals surface area (Å²) in [6, 6.07) is 8.16. The number of carbonyl (C=O) groups is 1. The second-order valence-corrected chi connectivity index (χ2v) is 4.71. The number of hydrogen-bond acceptors (Lipinski definition) is 4. The summed E-state index contributed by atoms with van der Waals surface area (Å²) in [7, 11) is 0. The van der Waals surface area contributed by atoms with E-state index in [0.29, 0.717) is 11.3 Å². The molecule has 0 aliphatic heterocycles. The van der Waals surface area contributed by atoms with Gasteiger partial charge in [-0.2, -0.15) is 5.10 Å². The normalized spacial score (nSPS) is 10.9. The summed E-state index contributed by atoms with van der Waals surface area (Å²) in [6.45, 7) is -0.733. The maximum atomic E-state index is 12.1. The van der Waals surface area contributed by atoms with Crippen LogP contribution in [-0.2, 0) is 0 Å². The number of fused-ring (bicyclic) bond motifs is 1. The van der Waals surface area contributed by atoms with Gasteiger partial charge in [-0.15, -0.1) is 0 Å². The van der Waals surface area contributed by atoms with E-state index in [1.807, 2.05) is 6.07 Å². The molecule has 0 radical (unpaired) electrons. The van der Waals surface area contributed by atoms with E-state index in [-0.39, 0.29) is 11.8 Å². The molecule has 0 unspecified atom stereocenters. The number of benzene rings is 1. The van der Waals surface area contributed by atoms with Crippen molar-refractivity contribution in [1.29, 1.82) is 0 Å². The van der Waals surface area contributed by atoms with Crippen molar-refractivity contribution in [3.63, 3.8) is 0 Å². The van der Waals surface area contributed by atoms with Crippen LogP contribution in [0.3, 0.4) is 0 Å². The number of alkyl halides is 2. The second-order valence-electron chi connectivity index (χ2n) is 4.71. The van der Waals surface area contributed by atoms with E-state index < -0.39 is 13.0 Å². The molecule has 2 aromatic heterocycles. The van der Waals surface area contributed by atoms with Crippen molar-refractivity contribution in [2.24, 2.45) is 0 Å². The Morgan fingerprint density at radius 3 is 2.87 bits per heavy atom. The maximum absolute atomic E-state index is 12.1. The number of nitrogens with zero attached hydrogens (tertiary/aromatic N) is 2. The predicted octanol–water partition coefficient (Wildman–Crippen LogP) is 2.85. The molecular weight excluding hydrogens is 306 g/mol.